The van der Waals surface area contributed by atoms with E-state index in [2.05, 4.69) is 22.5 Å². The molecule has 0 saturated carbocycles. The van der Waals surface area contributed by atoms with Crippen LogP contribution < -0.4 is 10.6 Å². The first-order chi connectivity index (χ1) is 11.2. The van der Waals surface area contributed by atoms with Gasteiger partial charge in [-0.1, -0.05) is 6.42 Å². The molecule has 3 aliphatic rings. The van der Waals surface area contributed by atoms with Gasteiger partial charge in [-0.2, -0.15) is 0 Å². The Hall–Kier alpha value is -0.650. The van der Waals surface area contributed by atoms with Gasteiger partial charge in [0.1, 0.15) is 0 Å². The maximum Gasteiger partial charge on any atom is 0.223 e. The Morgan fingerprint density at radius 2 is 2.00 bits per heavy atom. The smallest absolute Gasteiger partial charge is 0.223 e. The monoisotopic (exact) mass is 323 g/mol. The molecule has 5 nitrogen and oxygen atoms in total. The molecule has 2 atom stereocenters. The van der Waals surface area contributed by atoms with Crippen molar-refractivity contribution in [3.8, 4) is 0 Å². The number of hydrogen-bond donors (Lipinski definition) is 2. The Morgan fingerprint density at radius 3 is 2.70 bits per heavy atom. The van der Waals surface area contributed by atoms with Gasteiger partial charge in [-0.05, 0) is 65.1 Å². The summed E-state index contributed by atoms with van der Waals surface area (Å²) < 4.78 is 5.61. The van der Waals surface area contributed by atoms with Crippen molar-refractivity contribution in [1.29, 1.82) is 0 Å². The molecule has 0 aromatic heterocycles. The lowest BCUT2D eigenvalue weighted by molar-refractivity contribution is -0.127. The van der Waals surface area contributed by atoms with E-state index in [0.717, 1.165) is 52.0 Å². The number of carbonyl (C=O) groups is 1. The zero-order valence-corrected chi connectivity index (χ0v) is 14.6. The molecule has 0 spiro atoms. The highest BCUT2D eigenvalue weighted by molar-refractivity contribution is 5.78. The Labute approximate surface area is 140 Å². The number of carbonyl (C=O) groups excluding carboxylic acids is 1. The molecule has 5 heteroatoms. The van der Waals surface area contributed by atoms with Crippen molar-refractivity contribution < 1.29 is 9.53 Å². The van der Waals surface area contributed by atoms with Gasteiger partial charge in [0.25, 0.3) is 0 Å². The molecule has 3 saturated heterocycles. The molecule has 3 heterocycles. The van der Waals surface area contributed by atoms with Gasteiger partial charge in [0.05, 0.1) is 0 Å². The van der Waals surface area contributed by atoms with Gasteiger partial charge in [0.2, 0.25) is 5.91 Å². The van der Waals surface area contributed by atoms with E-state index in [-0.39, 0.29) is 17.4 Å². The highest BCUT2D eigenvalue weighted by Gasteiger charge is 2.39. The molecular formula is C18H33N3O2. The van der Waals surface area contributed by atoms with E-state index >= 15 is 0 Å². The normalized spacial score (nSPS) is 32.4. The SMILES string of the molecule is C[C@H]1C[C@@H](C(=O)NCC2(N3CCCCC3)CCOCC2)CCN1. The summed E-state index contributed by atoms with van der Waals surface area (Å²) in [4.78, 5) is 15.3. The molecule has 3 fully saturated rings. The maximum atomic E-state index is 12.6. The second-order valence-corrected chi connectivity index (χ2v) is 7.68. The van der Waals surface area contributed by atoms with Crippen LogP contribution >= 0.6 is 0 Å². The molecule has 2 N–H and O–H groups in total. The topological polar surface area (TPSA) is 53.6 Å². The minimum Gasteiger partial charge on any atom is -0.381 e. The molecule has 3 aliphatic heterocycles. The quantitative estimate of drug-likeness (QED) is 0.824. The van der Waals surface area contributed by atoms with Gasteiger partial charge < -0.3 is 15.4 Å². The van der Waals surface area contributed by atoms with Crippen molar-refractivity contribution in [2.45, 2.75) is 63.5 Å². The lowest BCUT2D eigenvalue weighted by Crippen LogP contribution is -2.60. The van der Waals surface area contributed by atoms with Crippen molar-refractivity contribution in [2.75, 3.05) is 39.4 Å². The number of piperidine rings is 2. The lowest BCUT2D eigenvalue weighted by atomic mass is 9.85. The number of amides is 1. The van der Waals surface area contributed by atoms with Gasteiger partial charge >= 0.3 is 0 Å². The van der Waals surface area contributed by atoms with Crippen LogP contribution in [0.2, 0.25) is 0 Å². The van der Waals surface area contributed by atoms with Crippen LogP contribution in [0.4, 0.5) is 0 Å². The van der Waals surface area contributed by atoms with Gasteiger partial charge in [0, 0.05) is 37.3 Å². The van der Waals surface area contributed by atoms with Gasteiger partial charge in [-0.3, -0.25) is 9.69 Å². The van der Waals surface area contributed by atoms with E-state index in [1.165, 1.54) is 32.4 Å². The molecule has 3 rings (SSSR count). The van der Waals surface area contributed by atoms with E-state index in [4.69, 9.17) is 4.74 Å². The lowest BCUT2D eigenvalue weighted by Gasteiger charge is -2.48. The number of nitrogens with one attached hydrogen (secondary N) is 2. The fraction of sp³-hybridized carbons (Fsp3) is 0.944. The van der Waals surface area contributed by atoms with Crippen LogP contribution in [0.5, 0.6) is 0 Å². The summed E-state index contributed by atoms with van der Waals surface area (Å²) >= 11 is 0. The first-order valence-electron chi connectivity index (χ1n) is 9.53. The average Bonchev–Trinajstić information content (AvgIpc) is 2.61. The van der Waals surface area contributed by atoms with Crippen LogP contribution in [0.15, 0.2) is 0 Å². The van der Waals surface area contributed by atoms with Gasteiger partial charge in [-0.25, -0.2) is 0 Å². The van der Waals surface area contributed by atoms with E-state index in [1.807, 2.05) is 0 Å². The van der Waals surface area contributed by atoms with Crippen LogP contribution in [0, 0.1) is 5.92 Å². The number of nitrogens with zero attached hydrogens (tertiary/aromatic N) is 1. The molecule has 23 heavy (non-hydrogen) atoms. The third kappa shape index (κ3) is 4.25. The Bertz CT molecular complexity index is 390. The molecule has 0 aromatic carbocycles. The van der Waals surface area contributed by atoms with Crippen LogP contribution in [0.1, 0.15) is 51.9 Å². The second-order valence-electron chi connectivity index (χ2n) is 7.68. The number of likely N-dealkylation sites (tertiary alicyclic amines) is 1. The molecule has 1 amide bonds. The first kappa shape index (κ1) is 17.2. The van der Waals surface area contributed by atoms with E-state index < -0.39 is 0 Å². The Balaban J connectivity index is 1.58. The average molecular weight is 323 g/mol. The second kappa shape index (κ2) is 7.95. The highest BCUT2D eigenvalue weighted by Crippen LogP contribution is 2.30. The molecular weight excluding hydrogens is 290 g/mol. The van der Waals surface area contributed by atoms with E-state index in [9.17, 15) is 4.79 Å². The predicted molar refractivity (Wildman–Crippen MR) is 91.4 cm³/mol. The maximum absolute atomic E-state index is 12.6. The zero-order valence-electron chi connectivity index (χ0n) is 14.6. The molecule has 0 unspecified atom stereocenters. The van der Waals surface area contributed by atoms with Gasteiger partial charge in [0.15, 0.2) is 0 Å². The molecule has 0 aliphatic carbocycles. The Kier molecular flexibility index (Phi) is 5.94. The zero-order chi connectivity index (χ0) is 16.1. The minimum atomic E-state index is 0.132. The molecule has 0 bridgehead atoms. The fourth-order valence-corrected chi connectivity index (χ4v) is 4.49. The van der Waals surface area contributed by atoms with E-state index in [0.29, 0.717) is 6.04 Å². The van der Waals surface area contributed by atoms with Crippen molar-refractivity contribution >= 4 is 5.91 Å². The largest absolute Gasteiger partial charge is 0.381 e. The summed E-state index contributed by atoms with van der Waals surface area (Å²) in [6.45, 7) is 7.96. The fourth-order valence-electron chi connectivity index (χ4n) is 4.49. The summed E-state index contributed by atoms with van der Waals surface area (Å²) in [6.07, 6.45) is 7.97. The summed E-state index contributed by atoms with van der Waals surface area (Å²) in [5, 5.41) is 6.74. The minimum absolute atomic E-state index is 0.132. The highest BCUT2D eigenvalue weighted by atomic mass is 16.5. The number of ether oxygens (including phenoxy) is 1. The predicted octanol–water partition coefficient (Wildman–Crippen LogP) is 1.53. The summed E-state index contributed by atoms with van der Waals surface area (Å²) in [7, 11) is 0. The molecule has 0 aromatic rings. The van der Waals surface area contributed by atoms with Crippen LogP contribution in [-0.4, -0.2) is 61.8 Å². The van der Waals surface area contributed by atoms with Crippen molar-refractivity contribution in [3.05, 3.63) is 0 Å². The van der Waals surface area contributed by atoms with Crippen LogP contribution in [0.25, 0.3) is 0 Å². The Morgan fingerprint density at radius 1 is 1.26 bits per heavy atom. The van der Waals surface area contributed by atoms with Crippen molar-refractivity contribution in [2.24, 2.45) is 5.92 Å². The van der Waals surface area contributed by atoms with E-state index in [1.54, 1.807) is 0 Å². The summed E-state index contributed by atoms with van der Waals surface area (Å²) in [5.41, 5.74) is 0.132. The van der Waals surface area contributed by atoms with Crippen molar-refractivity contribution in [3.63, 3.8) is 0 Å². The van der Waals surface area contributed by atoms with Crippen molar-refractivity contribution in [1.82, 2.24) is 15.5 Å². The number of hydrogen-bond acceptors (Lipinski definition) is 4. The van der Waals surface area contributed by atoms with Gasteiger partial charge in [-0.15, -0.1) is 0 Å². The van der Waals surface area contributed by atoms with Crippen LogP contribution in [0.3, 0.4) is 0 Å². The molecule has 132 valence electrons. The van der Waals surface area contributed by atoms with Crippen LogP contribution in [-0.2, 0) is 9.53 Å². The standard InChI is InChI=1S/C18H33N3O2/c1-15-13-16(5-8-19-15)17(22)20-14-18(6-11-23-12-7-18)21-9-3-2-4-10-21/h15-16,19H,2-14H2,1H3,(H,20,22)/t15-,16-/m0/s1. The third-order valence-electron chi connectivity index (χ3n) is 6.04. The summed E-state index contributed by atoms with van der Waals surface area (Å²) in [5.74, 6) is 0.450. The third-order valence-corrected chi connectivity index (χ3v) is 6.04. The molecule has 0 radical (unpaired) electrons. The first-order valence-corrected chi connectivity index (χ1v) is 9.53. The summed E-state index contributed by atoms with van der Waals surface area (Å²) in [6, 6.07) is 0.457. The number of rotatable bonds is 4.